The van der Waals surface area contributed by atoms with Crippen molar-refractivity contribution < 1.29 is 19.1 Å². The molecule has 32 heavy (non-hydrogen) atoms. The molecule has 0 aromatic heterocycles. The van der Waals surface area contributed by atoms with Gasteiger partial charge in [-0.15, -0.1) is 0 Å². The molecule has 7 nitrogen and oxygen atoms in total. The molecule has 2 aliphatic heterocycles. The van der Waals surface area contributed by atoms with Crippen molar-refractivity contribution in [2.75, 3.05) is 44.7 Å². The summed E-state index contributed by atoms with van der Waals surface area (Å²) in [6.45, 7) is 4.88. The minimum absolute atomic E-state index is 0.0130. The second kappa shape index (κ2) is 9.88. The number of nitrogens with zero attached hydrogens (tertiary/aromatic N) is 2. The number of carbonyl (C=O) groups is 2. The Balaban J connectivity index is 1.31. The van der Waals surface area contributed by atoms with Crippen molar-refractivity contribution in [1.29, 1.82) is 0 Å². The number of benzene rings is 2. The van der Waals surface area contributed by atoms with E-state index >= 15 is 0 Å². The number of nitrogens with one attached hydrogen (secondary N) is 1. The third kappa shape index (κ3) is 5.22. The Bertz CT molecular complexity index is 1020. The quantitative estimate of drug-likeness (QED) is 0.711. The molecule has 0 spiro atoms. The molecule has 0 atom stereocenters. The van der Waals surface area contributed by atoms with E-state index in [1.807, 2.05) is 25.1 Å². The number of urea groups is 1. The van der Waals surface area contributed by atoms with Crippen LogP contribution in [0.3, 0.4) is 0 Å². The number of piperazine rings is 1. The normalized spacial score (nSPS) is 15.8. The Morgan fingerprint density at radius 2 is 1.69 bits per heavy atom. The molecule has 1 fully saturated rings. The van der Waals surface area contributed by atoms with Gasteiger partial charge in [-0.1, -0.05) is 29.3 Å². The van der Waals surface area contributed by atoms with Gasteiger partial charge < -0.3 is 24.6 Å². The molecule has 0 radical (unpaired) electrons. The van der Waals surface area contributed by atoms with Gasteiger partial charge in [0.05, 0.1) is 24.7 Å². The van der Waals surface area contributed by atoms with Gasteiger partial charge >= 0.3 is 6.03 Å². The molecule has 4 rings (SSSR count). The van der Waals surface area contributed by atoms with Crippen molar-refractivity contribution in [2.45, 2.75) is 19.8 Å². The second-order valence-corrected chi connectivity index (χ2v) is 8.71. The minimum Gasteiger partial charge on any atom is -0.489 e. The largest absolute Gasteiger partial charge is 0.489 e. The van der Waals surface area contributed by atoms with Crippen LogP contribution in [0.4, 0.5) is 10.5 Å². The summed E-state index contributed by atoms with van der Waals surface area (Å²) in [7, 11) is 0. The molecule has 2 aromatic rings. The zero-order valence-electron chi connectivity index (χ0n) is 17.8. The third-order valence-electron chi connectivity index (χ3n) is 5.56. The SMILES string of the molecule is Cc1ccc(NC(=O)N2CCN(C(=O)Cc3cc(Cl)c4c(c3)OCCCO4)CC2)cc1Cl. The Kier molecular flexibility index (Phi) is 6.96. The van der Waals surface area contributed by atoms with E-state index in [1.54, 1.807) is 21.9 Å². The predicted octanol–water partition coefficient (Wildman–Crippen LogP) is 4.38. The number of halogens is 2. The van der Waals surface area contributed by atoms with E-state index in [2.05, 4.69) is 5.32 Å². The van der Waals surface area contributed by atoms with Gasteiger partial charge in [-0.2, -0.15) is 0 Å². The van der Waals surface area contributed by atoms with Crippen LogP contribution < -0.4 is 14.8 Å². The first-order valence-corrected chi connectivity index (χ1v) is 11.3. The highest BCUT2D eigenvalue weighted by atomic mass is 35.5. The van der Waals surface area contributed by atoms with Crippen LogP contribution in [0.15, 0.2) is 30.3 Å². The van der Waals surface area contributed by atoms with Gasteiger partial charge in [0.1, 0.15) is 0 Å². The van der Waals surface area contributed by atoms with Gasteiger partial charge in [-0.3, -0.25) is 4.79 Å². The van der Waals surface area contributed by atoms with Crippen LogP contribution in [-0.2, 0) is 11.2 Å². The molecule has 0 aliphatic carbocycles. The van der Waals surface area contributed by atoms with Gasteiger partial charge in [0.15, 0.2) is 11.5 Å². The molecular formula is C23H25Cl2N3O4. The van der Waals surface area contributed by atoms with Crippen LogP contribution in [-0.4, -0.2) is 61.1 Å². The molecule has 1 saturated heterocycles. The van der Waals surface area contributed by atoms with Crippen LogP contribution in [0.1, 0.15) is 17.5 Å². The lowest BCUT2D eigenvalue weighted by Gasteiger charge is -2.34. The highest BCUT2D eigenvalue weighted by Crippen LogP contribution is 2.38. The van der Waals surface area contributed by atoms with Crippen molar-refractivity contribution >= 4 is 40.8 Å². The van der Waals surface area contributed by atoms with Crippen LogP contribution >= 0.6 is 23.2 Å². The lowest BCUT2D eigenvalue weighted by atomic mass is 10.1. The Morgan fingerprint density at radius 1 is 0.969 bits per heavy atom. The topological polar surface area (TPSA) is 71.1 Å². The number of carbonyl (C=O) groups excluding carboxylic acids is 2. The predicted molar refractivity (Wildman–Crippen MR) is 124 cm³/mol. The first-order valence-electron chi connectivity index (χ1n) is 10.6. The van der Waals surface area contributed by atoms with Crippen molar-refractivity contribution in [3.63, 3.8) is 0 Å². The van der Waals surface area contributed by atoms with E-state index in [9.17, 15) is 9.59 Å². The fourth-order valence-corrected chi connectivity index (χ4v) is 4.17. The standard InChI is InChI=1S/C23H25Cl2N3O4/c1-15-3-4-17(14-18(15)24)26-23(30)28-7-5-27(6-8-28)21(29)13-16-11-19(25)22-20(12-16)31-9-2-10-32-22/h3-4,11-12,14H,2,5-10,13H2,1H3,(H,26,30). The Hall–Kier alpha value is -2.64. The number of anilines is 1. The van der Waals surface area contributed by atoms with Crippen molar-refractivity contribution in [3.05, 3.63) is 51.5 Å². The summed E-state index contributed by atoms with van der Waals surface area (Å²) in [5, 5.41) is 3.92. The molecule has 0 bridgehead atoms. The Morgan fingerprint density at radius 3 is 2.44 bits per heavy atom. The molecule has 0 saturated carbocycles. The van der Waals surface area contributed by atoms with E-state index in [4.69, 9.17) is 32.7 Å². The number of aryl methyl sites for hydroxylation is 1. The maximum Gasteiger partial charge on any atom is 0.321 e. The monoisotopic (exact) mass is 477 g/mol. The average molecular weight is 478 g/mol. The molecule has 9 heteroatoms. The average Bonchev–Trinajstić information content (AvgIpc) is 3.02. The number of hydrogen-bond donors (Lipinski definition) is 1. The first-order chi connectivity index (χ1) is 15.4. The van der Waals surface area contributed by atoms with Gasteiger partial charge in [0.25, 0.3) is 0 Å². The maximum absolute atomic E-state index is 12.8. The molecule has 1 N–H and O–H groups in total. The summed E-state index contributed by atoms with van der Waals surface area (Å²) >= 11 is 12.5. The molecule has 2 heterocycles. The smallest absolute Gasteiger partial charge is 0.321 e. The lowest BCUT2D eigenvalue weighted by Crippen LogP contribution is -2.52. The van der Waals surface area contributed by atoms with E-state index in [0.29, 0.717) is 66.6 Å². The fourth-order valence-electron chi connectivity index (χ4n) is 3.70. The zero-order chi connectivity index (χ0) is 22.7. The summed E-state index contributed by atoms with van der Waals surface area (Å²) in [5.41, 5.74) is 2.38. The van der Waals surface area contributed by atoms with Crippen LogP contribution in [0.25, 0.3) is 0 Å². The lowest BCUT2D eigenvalue weighted by molar-refractivity contribution is -0.131. The van der Waals surface area contributed by atoms with Gasteiger partial charge in [0, 0.05) is 43.3 Å². The Labute approximate surface area is 197 Å². The summed E-state index contributed by atoms with van der Waals surface area (Å²) in [4.78, 5) is 28.9. The molecule has 170 valence electrons. The number of amides is 3. The fraction of sp³-hybridized carbons (Fsp3) is 0.391. The number of fused-ring (bicyclic) bond motifs is 1. The van der Waals surface area contributed by atoms with Crippen molar-refractivity contribution in [2.24, 2.45) is 0 Å². The highest BCUT2D eigenvalue weighted by molar-refractivity contribution is 6.32. The van der Waals surface area contributed by atoms with Gasteiger partial charge in [-0.25, -0.2) is 4.79 Å². The summed E-state index contributed by atoms with van der Waals surface area (Å²) in [5.74, 6) is 1.10. The van der Waals surface area contributed by atoms with Crippen molar-refractivity contribution in [1.82, 2.24) is 9.80 Å². The van der Waals surface area contributed by atoms with Crippen LogP contribution in [0.5, 0.6) is 11.5 Å². The number of ether oxygens (including phenoxy) is 2. The maximum atomic E-state index is 12.8. The molecule has 2 aliphatic rings. The van der Waals surface area contributed by atoms with E-state index < -0.39 is 0 Å². The van der Waals surface area contributed by atoms with E-state index in [0.717, 1.165) is 17.5 Å². The van der Waals surface area contributed by atoms with E-state index in [1.165, 1.54) is 0 Å². The first kappa shape index (κ1) is 22.6. The van der Waals surface area contributed by atoms with Crippen LogP contribution in [0.2, 0.25) is 10.0 Å². The molecule has 3 amide bonds. The van der Waals surface area contributed by atoms with Crippen molar-refractivity contribution in [3.8, 4) is 11.5 Å². The third-order valence-corrected chi connectivity index (χ3v) is 6.25. The second-order valence-electron chi connectivity index (χ2n) is 7.89. The van der Waals surface area contributed by atoms with Gasteiger partial charge in [-0.05, 0) is 42.3 Å². The van der Waals surface area contributed by atoms with Crippen LogP contribution in [0, 0.1) is 6.92 Å². The molecule has 2 aromatic carbocycles. The van der Waals surface area contributed by atoms with Gasteiger partial charge in [0.2, 0.25) is 5.91 Å². The zero-order valence-corrected chi connectivity index (χ0v) is 19.3. The minimum atomic E-state index is -0.202. The number of hydrogen-bond acceptors (Lipinski definition) is 4. The molecule has 0 unspecified atom stereocenters. The summed E-state index contributed by atoms with van der Waals surface area (Å²) in [6, 6.07) is 8.78. The summed E-state index contributed by atoms with van der Waals surface area (Å²) < 4.78 is 11.3. The van der Waals surface area contributed by atoms with E-state index in [-0.39, 0.29) is 18.4 Å². The number of rotatable bonds is 3. The summed E-state index contributed by atoms with van der Waals surface area (Å²) in [6.07, 6.45) is 0.999. The highest BCUT2D eigenvalue weighted by Gasteiger charge is 2.25. The molecular weight excluding hydrogens is 453 g/mol.